The van der Waals surface area contributed by atoms with E-state index in [4.69, 9.17) is 31.5 Å². The van der Waals surface area contributed by atoms with Crippen molar-refractivity contribution in [3.05, 3.63) is 35.5 Å². The van der Waals surface area contributed by atoms with Gasteiger partial charge in [-0.15, -0.1) is 0 Å². The molecule has 1 unspecified atom stereocenters. The van der Waals surface area contributed by atoms with Gasteiger partial charge in [-0.2, -0.15) is 0 Å². The van der Waals surface area contributed by atoms with Crippen molar-refractivity contribution in [2.75, 3.05) is 58.1 Å². The van der Waals surface area contributed by atoms with Crippen LogP contribution in [-0.4, -0.2) is 68.7 Å². The SMILES string of the molecule is C1CCCCC1.CC1(C)COC(CNc2cccc(-c3cc(N)ncc3Cl)n2)CO1.CNCCOC. The number of nitrogens with zero attached hydrogens (tertiary/aromatic N) is 2. The maximum atomic E-state index is 6.19. The van der Waals surface area contributed by atoms with Gasteiger partial charge in [-0.3, -0.25) is 0 Å². The van der Waals surface area contributed by atoms with Crippen molar-refractivity contribution >= 4 is 23.2 Å². The van der Waals surface area contributed by atoms with E-state index in [-0.39, 0.29) is 11.7 Å². The third-order valence-corrected chi connectivity index (χ3v) is 6.10. The van der Waals surface area contributed by atoms with E-state index in [1.165, 1.54) is 44.7 Å². The molecule has 1 saturated carbocycles. The minimum absolute atomic E-state index is 0.00337. The molecule has 2 aliphatic rings. The summed E-state index contributed by atoms with van der Waals surface area (Å²) in [5.41, 5.74) is 7.02. The van der Waals surface area contributed by atoms with Crippen molar-refractivity contribution in [1.29, 1.82) is 0 Å². The molecule has 2 aromatic rings. The Labute approximate surface area is 221 Å². The number of hydrogen-bond donors (Lipinski definition) is 3. The number of aromatic nitrogens is 2. The molecule has 0 radical (unpaired) electrons. The van der Waals surface area contributed by atoms with Crippen LogP contribution >= 0.6 is 11.6 Å². The predicted octanol–water partition coefficient (Wildman–Crippen LogP) is 5.18. The van der Waals surface area contributed by atoms with Crippen LogP contribution in [-0.2, 0) is 14.2 Å². The molecule has 2 aromatic heterocycles. The van der Waals surface area contributed by atoms with Crippen LogP contribution in [0.15, 0.2) is 30.5 Å². The zero-order valence-electron chi connectivity index (χ0n) is 22.3. The van der Waals surface area contributed by atoms with E-state index in [9.17, 15) is 0 Å². The van der Waals surface area contributed by atoms with Crippen molar-refractivity contribution in [3.63, 3.8) is 0 Å². The molecule has 0 spiro atoms. The van der Waals surface area contributed by atoms with Crippen molar-refractivity contribution in [2.45, 2.75) is 64.1 Å². The molecule has 36 heavy (non-hydrogen) atoms. The number of nitrogens with one attached hydrogen (secondary N) is 2. The third-order valence-electron chi connectivity index (χ3n) is 5.80. The summed E-state index contributed by atoms with van der Waals surface area (Å²) in [6, 6.07) is 7.41. The van der Waals surface area contributed by atoms with Crippen LogP contribution in [0.5, 0.6) is 0 Å². The van der Waals surface area contributed by atoms with Gasteiger partial charge in [0.05, 0.1) is 42.2 Å². The van der Waals surface area contributed by atoms with Crippen LogP contribution in [0.4, 0.5) is 11.6 Å². The first-order chi connectivity index (χ1) is 17.3. The Hall–Kier alpha value is -1.97. The van der Waals surface area contributed by atoms with E-state index >= 15 is 0 Å². The van der Waals surface area contributed by atoms with Gasteiger partial charge in [0.1, 0.15) is 11.6 Å². The lowest BCUT2D eigenvalue weighted by Crippen LogP contribution is -2.44. The Morgan fingerprint density at radius 3 is 2.42 bits per heavy atom. The lowest BCUT2D eigenvalue weighted by atomic mass is 10.0. The maximum Gasteiger partial charge on any atom is 0.126 e. The molecule has 0 amide bonds. The van der Waals surface area contributed by atoms with E-state index in [0.29, 0.717) is 30.6 Å². The summed E-state index contributed by atoms with van der Waals surface area (Å²) in [6.07, 6.45) is 10.5. The minimum atomic E-state index is -0.216. The summed E-state index contributed by atoms with van der Waals surface area (Å²) in [4.78, 5) is 8.55. The zero-order valence-corrected chi connectivity index (χ0v) is 23.1. The first-order valence-electron chi connectivity index (χ1n) is 12.9. The van der Waals surface area contributed by atoms with Gasteiger partial charge >= 0.3 is 0 Å². The van der Waals surface area contributed by atoms with Crippen LogP contribution in [0.3, 0.4) is 0 Å². The lowest BCUT2D eigenvalue weighted by Gasteiger charge is -2.35. The zero-order chi connectivity index (χ0) is 26.2. The molecule has 1 atom stereocenters. The number of halogens is 1. The molecule has 1 aliphatic heterocycles. The second-order valence-electron chi connectivity index (χ2n) is 9.60. The number of hydrogen-bond acceptors (Lipinski definition) is 8. The topological polar surface area (TPSA) is 104 Å². The van der Waals surface area contributed by atoms with Crippen molar-refractivity contribution in [1.82, 2.24) is 15.3 Å². The molecule has 1 aliphatic carbocycles. The van der Waals surface area contributed by atoms with Gasteiger partial charge in [0.25, 0.3) is 0 Å². The Bertz CT molecular complexity index is 855. The fourth-order valence-electron chi connectivity index (χ4n) is 3.66. The first kappa shape index (κ1) is 30.3. The van der Waals surface area contributed by atoms with Crippen LogP contribution in [0.2, 0.25) is 5.02 Å². The number of anilines is 2. The van der Waals surface area contributed by atoms with Gasteiger partial charge in [0, 0.05) is 32.0 Å². The lowest BCUT2D eigenvalue weighted by molar-refractivity contribution is -0.170. The summed E-state index contributed by atoms with van der Waals surface area (Å²) in [7, 11) is 3.59. The number of rotatable bonds is 7. The standard InChI is InChI=1S/C17H21ClN4O2.C6H12.C4H11NO/c1-17(2)10-23-11(9-24-17)7-21-16-5-3-4-14(22-16)12-6-15(19)20-8-13(12)18;1-2-4-6-5-3-1;1-5-3-4-6-2/h3-6,8,11H,7,9-10H2,1-2H3,(H2,19,20)(H,21,22);1-6H2;5H,3-4H2,1-2H3. The van der Waals surface area contributed by atoms with Crippen LogP contribution in [0, 0.1) is 0 Å². The van der Waals surface area contributed by atoms with Gasteiger partial charge in [0.2, 0.25) is 0 Å². The molecular weight excluding hydrogens is 478 g/mol. The van der Waals surface area contributed by atoms with Gasteiger partial charge < -0.3 is 30.6 Å². The van der Waals surface area contributed by atoms with Crippen molar-refractivity contribution in [3.8, 4) is 11.3 Å². The van der Waals surface area contributed by atoms with E-state index in [1.807, 2.05) is 39.1 Å². The van der Waals surface area contributed by atoms with Crippen molar-refractivity contribution < 1.29 is 14.2 Å². The average Bonchev–Trinajstić information content (AvgIpc) is 2.90. The molecule has 0 bridgehead atoms. The fourth-order valence-corrected chi connectivity index (χ4v) is 3.86. The third kappa shape index (κ3) is 11.8. The average molecular weight is 522 g/mol. The molecule has 4 rings (SSSR count). The first-order valence-corrected chi connectivity index (χ1v) is 13.2. The highest BCUT2D eigenvalue weighted by Gasteiger charge is 2.28. The van der Waals surface area contributed by atoms with Crippen LogP contribution < -0.4 is 16.4 Å². The second kappa shape index (κ2) is 16.7. The highest BCUT2D eigenvalue weighted by molar-refractivity contribution is 6.33. The highest BCUT2D eigenvalue weighted by Crippen LogP contribution is 2.28. The van der Waals surface area contributed by atoms with Crippen LogP contribution in [0.1, 0.15) is 52.4 Å². The van der Waals surface area contributed by atoms with Crippen LogP contribution in [0.25, 0.3) is 11.3 Å². The number of nitrogen functional groups attached to an aromatic ring is 1. The Kier molecular flexibility index (Phi) is 14.0. The quantitative estimate of drug-likeness (QED) is 0.428. The molecule has 3 heterocycles. The maximum absolute atomic E-state index is 6.19. The molecule has 0 aromatic carbocycles. The summed E-state index contributed by atoms with van der Waals surface area (Å²) in [6.45, 7) is 7.55. The monoisotopic (exact) mass is 521 g/mol. The second-order valence-corrected chi connectivity index (χ2v) is 10.0. The highest BCUT2D eigenvalue weighted by atomic mass is 35.5. The van der Waals surface area contributed by atoms with E-state index in [1.54, 1.807) is 13.2 Å². The fraction of sp³-hybridized carbons (Fsp3) is 0.630. The van der Waals surface area contributed by atoms with Crippen molar-refractivity contribution in [2.24, 2.45) is 0 Å². The van der Waals surface area contributed by atoms with Gasteiger partial charge in [-0.25, -0.2) is 9.97 Å². The molecule has 1 saturated heterocycles. The Balaban J connectivity index is 0.000000312. The van der Waals surface area contributed by atoms with E-state index < -0.39 is 0 Å². The van der Waals surface area contributed by atoms with E-state index in [0.717, 1.165) is 30.2 Å². The summed E-state index contributed by atoms with van der Waals surface area (Å²) < 4.78 is 16.3. The minimum Gasteiger partial charge on any atom is -0.384 e. The summed E-state index contributed by atoms with van der Waals surface area (Å²) >= 11 is 6.19. The van der Waals surface area contributed by atoms with Gasteiger partial charge in [0.15, 0.2) is 0 Å². The largest absolute Gasteiger partial charge is 0.384 e. The molecule has 4 N–H and O–H groups in total. The molecular formula is C27H44ClN5O3. The summed E-state index contributed by atoms with van der Waals surface area (Å²) in [5.74, 6) is 1.15. The molecule has 9 heteroatoms. The van der Waals surface area contributed by atoms with Gasteiger partial charge in [-0.1, -0.05) is 56.2 Å². The van der Waals surface area contributed by atoms with Gasteiger partial charge in [-0.05, 0) is 39.1 Å². The number of pyridine rings is 2. The normalized spacial score (nSPS) is 18.8. The molecule has 202 valence electrons. The number of nitrogens with two attached hydrogens (primary N) is 1. The number of methoxy groups -OCH3 is 1. The smallest absolute Gasteiger partial charge is 0.126 e. The number of ether oxygens (including phenoxy) is 3. The Morgan fingerprint density at radius 1 is 1.17 bits per heavy atom. The molecule has 2 fully saturated rings. The van der Waals surface area contributed by atoms with E-state index in [2.05, 4.69) is 20.6 Å². The Morgan fingerprint density at radius 2 is 1.86 bits per heavy atom. The predicted molar refractivity (Wildman–Crippen MR) is 149 cm³/mol. The molecule has 8 nitrogen and oxygen atoms in total. The summed E-state index contributed by atoms with van der Waals surface area (Å²) in [5, 5.41) is 6.74. The number of likely N-dealkylation sites (N-methyl/N-ethyl adjacent to an activating group) is 1.